The second-order valence-electron chi connectivity index (χ2n) is 8.26. The molecule has 4 N–H and O–H groups in total. The number of nitrogens with zero attached hydrogens (tertiary/aromatic N) is 1. The minimum atomic E-state index is -1.14. The van der Waals surface area contributed by atoms with Crippen LogP contribution in [0.5, 0.6) is 0 Å². The summed E-state index contributed by atoms with van der Waals surface area (Å²) in [7, 11) is 0. The van der Waals surface area contributed by atoms with Gasteiger partial charge in [0.15, 0.2) is 0 Å². The van der Waals surface area contributed by atoms with Crippen LogP contribution in [0.1, 0.15) is 38.0 Å². The molecule has 0 aliphatic heterocycles. The van der Waals surface area contributed by atoms with Crippen molar-refractivity contribution in [1.29, 1.82) is 0 Å². The van der Waals surface area contributed by atoms with E-state index in [1.165, 1.54) is 0 Å². The molecule has 2 aromatic heterocycles. The molecule has 0 aliphatic rings. The van der Waals surface area contributed by atoms with Crippen molar-refractivity contribution >= 4 is 56.4 Å². The van der Waals surface area contributed by atoms with Gasteiger partial charge in [0.25, 0.3) is 5.56 Å². The third kappa shape index (κ3) is 4.82. The van der Waals surface area contributed by atoms with Gasteiger partial charge < -0.3 is 20.5 Å². The highest BCUT2D eigenvalue weighted by atomic mass is 35.5. The van der Waals surface area contributed by atoms with E-state index in [9.17, 15) is 15.0 Å². The van der Waals surface area contributed by atoms with Gasteiger partial charge in [-0.3, -0.25) is 4.79 Å². The normalized spacial score (nSPS) is 12.5. The van der Waals surface area contributed by atoms with E-state index >= 15 is 0 Å². The van der Waals surface area contributed by atoms with Gasteiger partial charge in [0.1, 0.15) is 11.4 Å². The molecule has 2 aromatic carbocycles. The highest BCUT2D eigenvalue weighted by Crippen LogP contribution is 2.37. The van der Waals surface area contributed by atoms with Crippen molar-refractivity contribution in [3.8, 4) is 11.8 Å². The summed E-state index contributed by atoms with van der Waals surface area (Å²) in [6.45, 7) is 4.83. The standard InChI is InChI=1S/C25H21Cl2N3O3/c1-13(31)15-11-18(26)22(19(27)12-15)30-23-16-7-9-28-24(32)21(16)17-10-14(4-5-20(17)29-23)6-8-25(2,3)33/h4-5,7,9-13,31,33H,1-3H3,(H,28,32)(H,29,30)/t13-/m0/s1. The Labute approximate surface area is 200 Å². The molecule has 0 aliphatic carbocycles. The largest absolute Gasteiger partial charge is 0.389 e. The molecule has 4 rings (SSSR count). The van der Waals surface area contributed by atoms with E-state index in [2.05, 4.69) is 22.1 Å². The summed E-state index contributed by atoms with van der Waals surface area (Å²) in [6.07, 6.45) is 0.821. The van der Waals surface area contributed by atoms with Gasteiger partial charge in [0.05, 0.1) is 32.7 Å². The molecule has 168 valence electrons. The van der Waals surface area contributed by atoms with Crippen LogP contribution in [-0.4, -0.2) is 25.8 Å². The number of aromatic nitrogens is 2. The lowest BCUT2D eigenvalue weighted by atomic mass is 10.0. The zero-order valence-electron chi connectivity index (χ0n) is 18.1. The van der Waals surface area contributed by atoms with Crippen LogP contribution in [0.25, 0.3) is 21.7 Å². The minimum absolute atomic E-state index is 0.280. The second-order valence-corrected chi connectivity index (χ2v) is 9.07. The zero-order chi connectivity index (χ0) is 23.9. The SMILES string of the molecule is C[C@H](O)c1cc(Cl)c(Nc2nc3ccc(C#CC(C)(C)O)cc3c3c(=O)[nH]ccc23)c(Cl)c1. The van der Waals surface area contributed by atoms with E-state index < -0.39 is 11.7 Å². The van der Waals surface area contributed by atoms with E-state index in [4.69, 9.17) is 28.2 Å². The van der Waals surface area contributed by atoms with Crippen LogP contribution in [-0.2, 0) is 0 Å². The lowest BCUT2D eigenvalue weighted by molar-refractivity contribution is 0.143. The van der Waals surface area contributed by atoms with Crippen LogP contribution in [0.2, 0.25) is 10.0 Å². The molecule has 0 saturated carbocycles. The third-order valence-electron chi connectivity index (χ3n) is 5.02. The van der Waals surface area contributed by atoms with E-state index in [1.807, 2.05) is 0 Å². The number of anilines is 2. The predicted molar refractivity (Wildman–Crippen MR) is 133 cm³/mol. The maximum atomic E-state index is 12.8. The Morgan fingerprint density at radius 2 is 1.82 bits per heavy atom. The Morgan fingerprint density at radius 1 is 1.12 bits per heavy atom. The number of aliphatic hydroxyl groups excluding tert-OH is 1. The highest BCUT2D eigenvalue weighted by molar-refractivity contribution is 6.39. The average Bonchev–Trinajstić information content (AvgIpc) is 2.74. The zero-order valence-corrected chi connectivity index (χ0v) is 19.6. The summed E-state index contributed by atoms with van der Waals surface area (Å²) in [5.41, 5.74) is 0.812. The second kappa shape index (κ2) is 8.69. The smallest absolute Gasteiger partial charge is 0.256 e. The van der Waals surface area contributed by atoms with Crippen LogP contribution in [0.3, 0.4) is 0 Å². The molecule has 2 heterocycles. The number of aromatic amines is 1. The molecule has 0 fully saturated rings. The van der Waals surface area contributed by atoms with Crippen LogP contribution in [0, 0.1) is 11.8 Å². The molecule has 6 nitrogen and oxygen atoms in total. The molecule has 0 saturated heterocycles. The maximum Gasteiger partial charge on any atom is 0.256 e. The van der Waals surface area contributed by atoms with E-state index in [-0.39, 0.29) is 5.56 Å². The molecule has 0 spiro atoms. The Hall–Kier alpha value is -3.08. The minimum Gasteiger partial charge on any atom is -0.389 e. The van der Waals surface area contributed by atoms with Gasteiger partial charge in [-0.25, -0.2) is 4.98 Å². The number of halogens is 2. The number of benzene rings is 2. The number of hydrogen-bond acceptors (Lipinski definition) is 5. The van der Waals surface area contributed by atoms with Gasteiger partial charge in [-0.2, -0.15) is 0 Å². The average molecular weight is 482 g/mol. The lowest BCUT2D eigenvalue weighted by Gasteiger charge is -2.15. The molecule has 8 heteroatoms. The van der Waals surface area contributed by atoms with Crippen molar-refractivity contribution in [2.75, 3.05) is 5.32 Å². The fourth-order valence-corrected chi connectivity index (χ4v) is 4.03. The third-order valence-corrected chi connectivity index (χ3v) is 5.61. The Kier molecular flexibility index (Phi) is 6.08. The highest BCUT2D eigenvalue weighted by Gasteiger charge is 2.16. The van der Waals surface area contributed by atoms with Crippen molar-refractivity contribution in [2.45, 2.75) is 32.5 Å². The van der Waals surface area contributed by atoms with Crippen molar-refractivity contribution in [3.63, 3.8) is 0 Å². The Balaban J connectivity index is 1.91. The molecule has 0 bridgehead atoms. The molecule has 33 heavy (non-hydrogen) atoms. The van der Waals surface area contributed by atoms with Crippen LogP contribution < -0.4 is 10.9 Å². The quantitative estimate of drug-likeness (QED) is 0.235. The van der Waals surface area contributed by atoms with Crippen molar-refractivity contribution < 1.29 is 10.2 Å². The number of pyridine rings is 2. The summed E-state index contributed by atoms with van der Waals surface area (Å²) >= 11 is 12.9. The van der Waals surface area contributed by atoms with Gasteiger partial charge in [-0.1, -0.05) is 35.0 Å². The van der Waals surface area contributed by atoms with Gasteiger partial charge in [-0.15, -0.1) is 0 Å². The summed E-state index contributed by atoms with van der Waals surface area (Å²) in [5, 5.41) is 25.2. The van der Waals surface area contributed by atoms with Gasteiger partial charge in [0.2, 0.25) is 0 Å². The first-order valence-electron chi connectivity index (χ1n) is 10.2. The number of nitrogens with one attached hydrogen (secondary N) is 2. The van der Waals surface area contributed by atoms with Crippen molar-refractivity contribution in [1.82, 2.24) is 9.97 Å². The molecule has 0 unspecified atom stereocenters. The van der Waals surface area contributed by atoms with E-state index in [1.54, 1.807) is 63.4 Å². The summed E-state index contributed by atoms with van der Waals surface area (Å²) in [5.74, 6) is 6.12. The molecule has 4 aromatic rings. The fraction of sp³-hybridized carbons (Fsp3) is 0.200. The summed E-state index contributed by atoms with van der Waals surface area (Å²) in [4.78, 5) is 20.2. The molecular weight excluding hydrogens is 461 g/mol. The molecule has 1 atom stereocenters. The Morgan fingerprint density at radius 3 is 2.45 bits per heavy atom. The van der Waals surface area contributed by atoms with E-state index in [0.717, 1.165) is 0 Å². The number of aliphatic hydroxyl groups is 2. The Bertz CT molecular complexity index is 1490. The number of hydrogen-bond donors (Lipinski definition) is 4. The fourth-order valence-electron chi connectivity index (χ4n) is 3.43. The number of H-pyrrole nitrogens is 1. The monoisotopic (exact) mass is 481 g/mol. The molecular formula is C25H21Cl2N3O3. The first-order chi connectivity index (χ1) is 15.5. The van der Waals surface area contributed by atoms with Gasteiger partial charge in [-0.05, 0) is 62.7 Å². The first-order valence-corrected chi connectivity index (χ1v) is 10.9. The molecule has 0 amide bonds. The maximum absolute atomic E-state index is 12.8. The number of fused-ring (bicyclic) bond motifs is 3. The van der Waals surface area contributed by atoms with Crippen LogP contribution >= 0.6 is 23.2 Å². The van der Waals surface area contributed by atoms with Crippen LogP contribution in [0.4, 0.5) is 11.5 Å². The molecule has 0 radical (unpaired) electrons. The topological polar surface area (TPSA) is 98.2 Å². The first kappa shape index (κ1) is 23.1. The number of rotatable bonds is 3. The summed E-state index contributed by atoms with van der Waals surface area (Å²) < 4.78 is 0. The van der Waals surface area contributed by atoms with Gasteiger partial charge in [0, 0.05) is 22.5 Å². The lowest BCUT2D eigenvalue weighted by Crippen LogP contribution is -2.14. The van der Waals surface area contributed by atoms with Crippen molar-refractivity contribution in [3.05, 3.63) is 74.1 Å². The van der Waals surface area contributed by atoms with Gasteiger partial charge >= 0.3 is 0 Å². The van der Waals surface area contributed by atoms with Crippen molar-refractivity contribution in [2.24, 2.45) is 0 Å². The summed E-state index contributed by atoms with van der Waals surface area (Å²) in [6, 6.07) is 10.3. The predicted octanol–water partition coefficient (Wildman–Crippen LogP) is 5.30. The van der Waals surface area contributed by atoms with Crippen LogP contribution in [0.15, 0.2) is 47.4 Å². The van der Waals surface area contributed by atoms with E-state index in [0.29, 0.717) is 54.4 Å².